The second kappa shape index (κ2) is 7.14. The zero-order valence-corrected chi connectivity index (χ0v) is 16.0. The van der Waals surface area contributed by atoms with Crippen molar-refractivity contribution >= 4 is 5.91 Å². The molecule has 0 N–H and O–H groups in total. The first-order valence-electron chi connectivity index (χ1n) is 10.4. The van der Waals surface area contributed by atoms with Crippen molar-refractivity contribution in [3.63, 3.8) is 0 Å². The topological polar surface area (TPSA) is 85.9 Å². The summed E-state index contributed by atoms with van der Waals surface area (Å²) in [5.41, 5.74) is 1.19. The van der Waals surface area contributed by atoms with Crippen molar-refractivity contribution in [3.05, 3.63) is 40.6 Å². The highest BCUT2D eigenvalue weighted by Crippen LogP contribution is 2.37. The van der Waals surface area contributed by atoms with Crippen molar-refractivity contribution in [2.75, 3.05) is 13.1 Å². The number of aromatic nitrogens is 5. The van der Waals surface area contributed by atoms with E-state index in [1.807, 2.05) is 10.6 Å². The second-order valence-electron chi connectivity index (χ2n) is 8.69. The highest BCUT2D eigenvalue weighted by Gasteiger charge is 2.38. The Labute approximate surface area is 163 Å². The van der Waals surface area contributed by atoms with Crippen LogP contribution in [0.3, 0.4) is 0 Å². The van der Waals surface area contributed by atoms with E-state index in [9.17, 15) is 9.59 Å². The minimum Gasteiger partial charge on any atom is -0.341 e. The summed E-state index contributed by atoms with van der Waals surface area (Å²) in [4.78, 5) is 27.5. The van der Waals surface area contributed by atoms with E-state index in [4.69, 9.17) is 0 Å². The van der Waals surface area contributed by atoms with Gasteiger partial charge in [0.25, 0.3) is 5.56 Å². The largest absolute Gasteiger partial charge is 0.341 e. The molecule has 1 saturated carbocycles. The molecule has 2 aromatic rings. The van der Waals surface area contributed by atoms with Crippen LogP contribution in [0.1, 0.15) is 43.7 Å². The first-order chi connectivity index (χ1) is 13.7. The standard InChI is InChI=1S/C20H26N6O2/c27-19-3-1-2-18-17-8-15(11-26(18)19)9-24(12-17)20(28)16-6-4-14(5-7-16)10-25-13-21-22-23-25/h1-3,13-17H,4-12H2/t14?,15-,16?,17-/m1/s1. The van der Waals surface area contributed by atoms with E-state index in [0.29, 0.717) is 23.7 Å². The molecule has 2 atom stereocenters. The number of carbonyl (C=O) groups is 1. The Morgan fingerprint density at radius 1 is 1.11 bits per heavy atom. The zero-order chi connectivity index (χ0) is 19.1. The fraction of sp³-hybridized carbons (Fsp3) is 0.650. The number of likely N-dealkylation sites (tertiary alicyclic amines) is 1. The molecule has 2 fully saturated rings. The Balaban J connectivity index is 1.22. The fourth-order valence-electron chi connectivity index (χ4n) is 5.46. The molecule has 8 nitrogen and oxygen atoms in total. The van der Waals surface area contributed by atoms with E-state index in [1.165, 1.54) is 0 Å². The predicted octanol–water partition coefficient (Wildman–Crippen LogP) is 1.29. The number of pyridine rings is 1. The number of rotatable bonds is 3. The minimum atomic E-state index is 0.0906. The molecule has 2 aromatic heterocycles. The quantitative estimate of drug-likeness (QED) is 0.798. The molecule has 5 rings (SSSR count). The first-order valence-corrected chi connectivity index (χ1v) is 10.4. The number of hydrogen-bond acceptors (Lipinski definition) is 5. The molecule has 1 saturated heterocycles. The normalized spacial score (nSPS) is 29.4. The average Bonchev–Trinajstić information content (AvgIpc) is 3.22. The second-order valence-corrected chi connectivity index (χ2v) is 8.69. The highest BCUT2D eigenvalue weighted by atomic mass is 16.2. The summed E-state index contributed by atoms with van der Waals surface area (Å²) in [6.45, 7) is 3.13. The van der Waals surface area contributed by atoms with Gasteiger partial charge >= 0.3 is 0 Å². The van der Waals surface area contributed by atoms with Gasteiger partial charge < -0.3 is 9.47 Å². The van der Waals surface area contributed by atoms with Crippen molar-refractivity contribution in [1.29, 1.82) is 0 Å². The third kappa shape index (κ3) is 3.25. The minimum absolute atomic E-state index is 0.0906. The first kappa shape index (κ1) is 17.6. The van der Waals surface area contributed by atoms with Crippen LogP contribution >= 0.6 is 0 Å². The molecule has 1 aliphatic carbocycles. The van der Waals surface area contributed by atoms with Crippen LogP contribution in [0.15, 0.2) is 29.3 Å². The molecule has 1 amide bonds. The van der Waals surface area contributed by atoms with E-state index in [1.54, 1.807) is 17.1 Å². The molecule has 28 heavy (non-hydrogen) atoms. The fourth-order valence-corrected chi connectivity index (χ4v) is 5.46. The average molecular weight is 382 g/mol. The summed E-state index contributed by atoms with van der Waals surface area (Å²) in [6.07, 6.45) is 6.75. The van der Waals surface area contributed by atoms with Crippen molar-refractivity contribution in [1.82, 2.24) is 29.7 Å². The van der Waals surface area contributed by atoms with Gasteiger partial charge in [-0.3, -0.25) is 9.59 Å². The summed E-state index contributed by atoms with van der Waals surface area (Å²) in [5.74, 6) is 1.70. The van der Waals surface area contributed by atoms with Gasteiger partial charge in [-0.25, -0.2) is 4.68 Å². The van der Waals surface area contributed by atoms with Crippen LogP contribution in [-0.2, 0) is 17.9 Å². The molecule has 2 bridgehead atoms. The van der Waals surface area contributed by atoms with Crippen LogP contribution in [0.25, 0.3) is 0 Å². The van der Waals surface area contributed by atoms with Gasteiger partial charge in [-0.15, -0.1) is 5.10 Å². The van der Waals surface area contributed by atoms with Crippen molar-refractivity contribution in [3.8, 4) is 0 Å². The van der Waals surface area contributed by atoms with Crippen molar-refractivity contribution < 1.29 is 4.79 Å². The molecule has 0 unspecified atom stereocenters. The molecular formula is C20H26N6O2. The summed E-state index contributed by atoms with van der Waals surface area (Å²) >= 11 is 0. The van der Waals surface area contributed by atoms with Gasteiger partial charge in [0.2, 0.25) is 5.91 Å². The van der Waals surface area contributed by atoms with Gasteiger partial charge in [0.1, 0.15) is 6.33 Å². The molecule has 4 heterocycles. The highest BCUT2D eigenvalue weighted by molar-refractivity contribution is 5.79. The number of hydrogen-bond donors (Lipinski definition) is 0. The maximum absolute atomic E-state index is 13.2. The van der Waals surface area contributed by atoms with E-state index >= 15 is 0 Å². The number of nitrogens with zero attached hydrogens (tertiary/aromatic N) is 6. The molecule has 0 radical (unpaired) electrons. The SMILES string of the molecule is O=C(C1CCC(Cn2cnnn2)CC1)N1C[C@H]2C[C@H](C1)c1cccc(=O)n1C2. The molecule has 0 spiro atoms. The Morgan fingerprint density at radius 3 is 2.75 bits per heavy atom. The van der Waals surface area contributed by atoms with Crippen LogP contribution in [0.4, 0.5) is 0 Å². The van der Waals surface area contributed by atoms with Crippen LogP contribution < -0.4 is 5.56 Å². The number of piperidine rings is 1. The van der Waals surface area contributed by atoms with Crippen LogP contribution in [0.5, 0.6) is 0 Å². The number of carbonyl (C=O) groups excluding carboxylic acids is 1. The summed E-state index contributed by atoms with van der Waals surface area (Å²) in [5, 5.41) is 11.3. The number of amides is 1. The lowest BCUT2D eigenvalue weighted by Crippen LogP contribution is -2.50. The Hall–Kier alpha value is -2.51. The van der Waals surface area contributed by atoms with E-state index in [0.717, 1.165) is 64.0 Å². The smallest absolute Gasteiger partial charge is 0.250 e. The lowest BCUT2D eigenvalue weighted by Gasteiger charge is -2.44. The number of tetrazole rings is 1. The van der Waals surface area contributed by atoms with Gasteiger partial charge in [-0.2, -0.15) is 0 Å². The Kier molecular flexibility index (Phi) is 4.49. The summed E-state index contributed by atoms with van der Waals surface area (Å²) in [7, 11) is 0. The van der Waals surface area contributed by atoms with Crippen LogP contribution in [-0.4, -0.2) is 48.7 Å². The van der Waals surface area contributed by atoms with Crippen molar-refractivity contribution in [2.24, 2.45) is 17.8 Å². The molecule has 0 aromatic carbocycles. The van der Waals surface area contributed by atoms with Gasteiger partial charge in [-0.05, 0) is 60.4 Å². The summed E-state index contributed by atoms with van der Waals surface area (Å²) in [6, 6.07) is 5.54. The molecule has 8 heteroatoms. The van der Waals surface area contributed by atoms with Gasteiger partial charge in [0, 0.05) is 49.8 Å². The third-order valence-corrected chi connectivity index (χ3v) is 6.82. The molecule has 148 valence electrons. The van der Waals surface area contributed by atoms with Gasteiger partial charge in [0.05, 0.1) is 0 Å². The third-order valence-electron chi connectivity index (χ3n) is 6.82. The molecule has 2 aliphatic heterocycles. The maximum atomic E-state index is 13.2. The number of fused-ring (bicyclic) bond motifs is 4. The molecule has 3 aliphatic rings. The zero-order valence-electron chi connectivity index (χ0n) is 16.0. The monoisotopic (exact) mass is 382 g/mol. The Morgan fingerprint density at radius 2 is 1.96 bits per heavy atom. The van der Waals surface area contributed by atoms with Gasteiger partial charge in [0.15, 0.2) is 0 Å². The summed E-state index contributed by atoms with van der Waals surface area (Å²) < 4.78 is 3.71. The van der Waals surface area contributed by atoms with E-state index in [-0.39, 0.29) is 11.5 Å². The Bertz CT molecular complexity index is 900. The van der Waals surface area contributed by atoms with Gasteiger partial charge in [-0.1, -0.05) is 6.07 Å². The van der Waals surface area contributed by atoms with E-state index < -0.39 is 0 Å². The lowest BCUT2D eigenvalue weighted by atomic mass is 9.79. The van der Waals surface area contributed by atoms with Crippen LogP contribution in [0.2, 0.25) is 0 Å². The van der Waals surface area contributed by atoms with Crippen LogP contribution in [0, 0.1) is 17.8 Å². The molecular weight excluding hydrogens is 356 g/mol. The van der Waals surface area contributed by atoms with E-state index in [2.05, 4.69) is 26.5 Å². The predicted molar refractivity (Wildman–Crippen MR) is 101 cm³/mol. The lowest BCUT2D eigenvalue weighted by molar-refractivity contribution is -0.139. The maximum Gasteiger partial charge on any atom is 0.250 e. The van der Waals surface area contributed by atoms with Crippen molar-refractivity contribution in [2.45, 2.75) is 51.1 Å².